The zero-order valence-corrected chi connectivity index (χ0v) is 17.9. The van der Waals surface area contributed by atoms with Gasteiger partial charge in [-0.05, 0) is 46.7 Å². The molecule has 0 amide bonds. The summed E-state index contributed by atoms with van der Waals surface area (Å²) < 4.78 is 0. The average molecular weight is 552 g/mol. The molecule has 29 heavy (non-hydrogen) atoms. The Hall–Kier alpha value is -3.20. The van der Waals surface area contributed by atoms with E-state index in [9.17, 15) is 0 Å². The molecule has 0 unspecified atom stereocenters. The standard InChI is InChI=1S/C14H9N2.C11H8N.Ir/c1-2-4-13-11(3-1)7-10-16-14(13)12-5-8-15-9-6-12;1-2-6-10(7-3-1)11-8-4-5-9-12-11;/h1-5,7-10H;1-6,8-9H;/q2*-1;. The first kappa shape index (κ1) is 20.5. The van der Waals surface area contributed by atoms with Crippen LogP contribution in [-0.2, 0) is 20.1 Å². The van der Waals surface area contributed by atoms with Crippen LogP contribution in [0.4, 0.5) is 0 Å². The van der Waals surface area contributed by atoms with E-state index in [1.54, 1.807) is 18.6 Å². The van der Waals surface area contributed by atoms with Crippen molar-refractivity contribution in [3.63, 3.8) is 0 Å². The van der Waals surface area contributed by atoms with Crippen molar-refractivity contribution in [2.45, 2.75) is 0 Å². The summed E-state index contributed by atoms with van der Waals surface area (Å²) in [6.45, 7) is 0. The molecule has 1 radical (unpaired) electrons. The van der Waals surface area contributed by atoms with Crippen LogP contribution in [0.1, 0.15) is 0 Å². The molecule has 3 aromatic heterocycles. The second kappa shape index (κ2) is 10.4. The van der Waals surface area contributed by atoms with E-state index in [2.05, 4.69) is 39.2 Å². The molecule has 0 saturated carbocycles. The van der Waals surface area contributed by atoms with Crippen molar-refractivity contribution in [1.82, 2.24) is 15.0 Å². The first-order valence-corrected chi connectivity index (χ1v) is 8.96. The molecule has 0 aliphatic heterocycles. The number of hydrogen-bond donors (Lipinski definition) is 0. The number of nitrogens with zero attached hydrogens (tertiary/aromatic N) is 3. The van der Waals surface area contributed by atoms with Crippen LogP contribution >= 0.6 is 0 Å². The van der Waals surface area contributed by atoms with E-state index >= 15 is 0 Å². The molecule has 5 rings (SSSR count). The van der Waals surface area contributed by atoms with Gasteiger partial charge in [-0.25, -0.2) is 0 Å². The van der Waals surface area contributed by atoms with E-state index in [0.29, 0.717) is 0 Å². The first-order valence-electron chi connectivity index (χ1n) is 8.96. The predicted octanol–water partition coefficient (Wildman–Crippen LogP) is 5.64. The van der Waals surface area contributed by atoms with E-state index in [-0.39, 0.29) is 20.1 Å². The minimum absolute atomic E-state index is 0. The molecule has 3 heterocycles. The Balaban J connectivity index is 0.000000167. The maximum atomic E-state index is 4.42. The zero-order valence-electron chi connectivity index (χ0n) is 15.5. The van der Waals surface area contributed by atoms with Crippen LogP contribution in [0.15, 0.2) is 104 Å². The molecule has 0 N–H and O–H groups in total. The van der Waals surface area contributed by atoms with Gasteiger partial charge in [0, 0.05) is 32.5 Å². The summed E-state index contributed by atoms with van der Waals surface area (Å²) in [6, 6.07) is 32.1. The molecule has 0 spiro atoms. The van der Waals surface area contributed by atoms with Gasteiger partial charge in [0.05, 0.1) is 0 Å². The van der Waals surface area contributed by atoms with Crippen LogP contribution in [0.2, 0.25) is 0 Å². The van der Waals surface area contributed by atoms with Crippen molar-refractivity contribution in [3.05, 3.63) is 116 Å². The summed E-state index contributed by atoms with van der Waals surface area (Å²) in [5.41, 5.74) is 3.95. The van der Waals surface area contributed by atoms with Crippen LogP contribution in [0.25, 0.3) is 33.3 Å². The minimum atomic E-state index is 0. The van der Waals surface area contributed by atoms with Crippen molar-refractivity contribution in [3.8, 4) is 22.5 Å². The van der Waals surface area contributed by atoms with E-state index in [1.807, 2.05) is 72.9 Å². The number of benzene rings is 2. The Labute approximate surface area is 183 Å². The monoisotopic (exact) mass is 552 g/mol. The Morgan fingerprint density at radius 1 is 0.621 bits per heavy atom. The summed E-state index contributed by atoms with van der Waals surface area (Å²) in [4.78, 5) is 12.6. The molecule has 4 heteroatoms. The van der Waals surface area contributed by atoms with Crippen molar-refractivity contribution in [1.29, 1.82) is 0 Å². The minimum Gasteiger partial charge on any atom is -0.320 e. The molecule has 0 aliphatic rings. The van der Waals surface area contributed by atoms with Gasteiger partial charge in [0.2, 0.25) is 0 Å². The number of pyridine rings is 3. The number of fused-ring (bicyclic) bond motifs is 1. The van der Waals surface area contributed by atoms with Gasteiger partial charge >= 0.3 is 0 Å². The summed E-state index contributed by atoms with van der Waals surface area (Å²) in [7, 11) is 0. The van der Waals surface area contributed by atoms with Gasteiger partial charge in [0.25, 0.3) is 0 Å². The maximum Gasteiger partial charge on any atom is 0.0160 e. The topological polar surface area (TPSA) is 38.7 Å². The fourth-order valence-electron chi connectivity index (χ4n) is 2.87. The smallest absolute Gasteiger partial charge is 0.0160 e. The number of aromatic nitrogens is 3. The summed E-state index contributed by atoms with van der Waals surface area (Å²) in [5.74, 6) is 0. The van der Waals surface area contributed by atoms with Gasteiger partial charge in [-0.1, -0.05) is 36.4 Å². The molecule has 0 atom stereocenters. The van der Waals surface area contributed by atoms with Gasteiger partial charge in [-0.3, -0.25) is 4.98 Å². The van der Waals surface area contributed by atoms with Gasteiger partial charge < -0.3 is 9.97 Å². The molecule has 5 aromatic rings. The van der Waals surface area contributed by atoms with Gasteiger partial charge in [-0.15, -0.1) is 42.0 Å². The SMILES string of the molecule is [Ir].[c-]1ccccc1-c1ccccn1.[c-]1cnccc1-c1nccc2ccccc12. The average Bonchev–Trinajstić information content (AvgIpc) is 2.81. The number of hydrogen-bond acceptors (Lipinski definition) is 3. The maximum absolute atomic E-state index is 4.42. The second-order valence-electron chi connectivity index (χ2n) is 6.02. The fourth-order valence-corrected chi connectivity index (χ4v) is 2.87. The number of rotatable bonds is 2. The summed E-state index contributed by atoms with van der Waals surface area (Å²) in [6.07, 6.45) is 7.04. The van der Waals surface area contributed by atoms with E-state index < -0.39 is 0 Å². The third-order valence-corrected chi connectivity index (χ3v) is 4.20. The van der Waals surface area contributed by atoms with Crippen LogP contribution in [-0.4, -0.2) is 15.0 Å². The van der Waals surface area contributed by atoms with E-state index in [1.165, 1.54) is 5.39 Å². The molecule has 0 saturated heterocycles. The third kappa shape index (κ3) is 5.20. The summed E-state index contributed by atoms with van der Waals surface area (Å²) in [5, 5.41) is 2.34. The van der Waals surface area contributed by atoms with E-state index in [4.69, 9.17) is 0 Å². The van der Waals surface area contributed by atoms with Crippen LogP contribution < -0.4 is 0 Å². The van der Waals surface area contributed by atoms with E-state index in [0.717, 1.165) is 27.9 Å². The van der Waals surface area contributed by atoms with Crippen LogP contribution in [0.3, 0.4) is 0 Å². The van der Waals surface area contributed by atoms with Crippen molar-refractivity contribution in [2.24, 2.45) is 0 Å². The summed E-state index contributed by atoms with van der Waals surface area (Å²) >= 11 is 0. The van der Waals surface area contributed by atoms with Gasteiger partial charge in [0.1, 0.15) is 0 Å². The van der Waals surface area contributed by atoms with Gasteiger partial charge in [-0.2, -0.15) is 11.6 Å². The predicted molar refractivity (Wildman–Crippen MR) is 112 cm³/mol. The quantitative estimate of drug-likeness (QED) is 0.267. The first-order chi connectivity index (χ1) is 13.9. The Morgan fingerprint density at radius 3 is 2.24 bits per heavy atom. The van der Waals surface area contributed by atoms with Crippen molar-refractivity contribution >= 4 is 10.8 Å². The molecule has 0 aliphatic carbocycles. The molecule has 2 aromatic carbocycles. The van der Waals surface area contributed by atoms with Crippen molar-refractivity contribution in [2.75, 3.05) is 0 Å². The van der Waals surface area contributed by atoms with Crippen molar-refractivity contribution < 1.29 is 20.1 Å². The zero-order chi connectivity index (χ0) is 19.0. The molecule has 143 valence electrons. The third-order valence-electron chi connectivity index (χ3n) is 4.20. The Bertz CT molecular complexity index is 1100. The molecular weight excluding hydrogens is 535 g/mol. The second-order valence-corrected chi connectivity index (χ2v) is 6.02. The molecule has 0 bridgehead atoms. The molecule has 0 fully saturated rings. The van der Waals surface area contributed by atoms with Crippen LogP contribution in [0, 0.1) is 12.1 Å². The Kier molecular flexibility index (Phi) is 7.34. The normalized spacial score (nSPS) is 9.79. The van der Waals surface area contributed by atoms with Gasteiger partial charge in [0.15, 0.2) is 0 Å². The van der Waals surface area contributed by atoms with Crippen LogP contribution in [0.5, 0.6) is 0 Å². The molecule has 3 nitrogen and oxygen atoms in total. The molecular formula is C25H17IrN3-2. The Morgan fingerprint density at radius 2 is 1.48 bits per heavy atom. The largest absolute Gasteiger partial charge is 0.320 e. The fraction of sp³-hybridized carbons (Fsp3) is 0.